The van der Waals surface area contributed by atoms with Gasteiger partial charge in [0.2, 0.25) is 0 Å². The highest BCUT2D eigenvalue weighted by atomic mass is 16.5. The molecule has 7 aromatic carbocycles. The molecule has 0 saturated carbocycles. The normalized spacial score (nSPS) is 12.2. The minimum Gasteiger partial charge on any atom is -0.457 e. The summed E-state index contributed by atoms with van der Waals surface area (Å²) < 4.78 is 13.9. The number of para-hydroxylation sites is 3. The van der Waals surface area contributed by atoms with Crippen LogP contribution >= 0.6 is 0 Å². The summed E-state index contributed by atoms with van der Waals surface area (Å²) in [7, 11) is 0. The van der Waals surface area contributed by atoms with E-state index in [4.69, 9.17) is 14.7 Å². The lowest BCUT2D eigenvalue weighted by Gasteiger charge is -2.20. The van der Waals surface area contributed by atoms with Crippen molar-refractivity contribution in [2.45, 2.75) is 39.5 Å². The van der Waals surface area contributed by atoms with Crippen molar-refractivity contribution in [3.63, 3.8) is 0 Å². The van der Waals surface area contributed by atoms with Crippen LogP contribution in [0.25, 0.3) is 93.7 Å². The molecule has 298 valence electrons. The van der Waals surface area contributed by atoms with Gasteiger partial charge in [-0.25, -0.2) is 9.97 Å². The van der Waals surface area contributed by atoms with Crippen LogP contribution in [0.2, 0.25) is 0 Å². The fourth-order valence-corrected chi connectivity index (χ4v) is 9.96. The van der Waals surface area contributed by atoms with Crippen LogP contribution in [0.5, 0.6) is 11.5 Å². The molecule has 0 radical (unpaired) electrons. The molecule has 0 spiro atoms. The molecule has 0 unspecified atom stereocenters. The number of hydrogen-bond acceptors (Lipinski definition) is 3. The van der Waals surface area contributed by atoms with E-state index < -0.39 is 0 Å². The monoisotopic (exact) mass is 801 g/mol. The van der Waals surface area contributed by atoms with Gasteiger partial charge in [-0.2, -0.15) is 0 Å². The van der Waals surface area contributed by atoms with Crippen LogP contribution in [0.4, 0.5) is 0 Å². The Morgan fingerprint density at radius 3 is 1.74 bits per heavy atom. The largest absolute Gasteiger partial charge is 0.457 e. The Balaban J connectivity index is 1.05. The molecule has 0 atom stereocenters. The molecule has 62 heavy (non-hydrogen) atoms. The third-order valence-corrected chi connectivity index (χ3v) is 12.7. The average molecular weight is 802 g/mol. The minimum atomic E-state index is 0.358. The lowest BCUT2D eigenvalue weighted by atomic mass is 9.87. The summed E-state index contributed by atoms with van der Waals surface area (Å²) in [5.41, 5.74) is 12.7. The van der Waals surface area contributed by atoms with E-state index in [0.717, 1.165) is 78.0 Å². The third kappa shape index (κ3) is 5.42. The fourth-order valence-electron chi connectivity index (χ4n) is 9.96. The van der Waals surface area contributed by atoms with Crippen molar-refractivity contribution in [2.75, 3.05) is 0 Å². The first-order valence-electron chi connectivity index (χ1n) is 21.5. The number of imidazole rings is 1. The average Bonchev–Trinajstić information content (AvgIpc) is 3.99. The van der Waals surface area contributed by atoms with Gasteiger partial charge in [0.15, 0.2) is 0 Å². The van der Waals surface area contributed by atoms with E-state index in [1.807, 2.05) is 18.3 Å². The first-order chi connectivity index (χ1) is 30.4. The minimum absolute atomic E-state index is 0.358. The Bertz CT molecular complexity index is 3700. The molecule has 5 heterocycles. The second-order valence-corrected chi connectivity index (χ2v) is 17.0. The zero-order valence-electron chi connectivity index (χ0n) is 35.0. The molecule has 0 aliphatic heterocycles. The predicted octanol–water partition coefficient (Wildman–Crippen LogP) is 14.9. The number of aromatic nitrogens is 5. The molecular weight excluding hydrogens is 759 g/mol. The maximum absolute atomic E-state index is 6.86. The van der Waals surface area contributed by atoms with Gasteiger partial charge in [0.1, 0.15) is 23.0 Å². The van der Waals surface area contributed by atoms with Gasteiger partial charge in [-0.1, -0.05) is 107 Å². The van der Waals surface area contributed by atoms with Crippen LogP contribution in [-0.4, -0.2) is 23.5 Å². The maximum atomic E-state index is 6.86. The van der Waals surface area contributed by atoms with Gasteiger partial charge in [0.05, 0.1) is 39.5 Å². The van der Waals surface area contributed by atoms with Crippen molar-refractivity contribution in [3.8, 4) is 34.3 Å². The Kier molecular flexibility index (Phi) is 8.13. The number of nitrogens with zero attached hydrogens (tertiary/aromatic N) is 5. The van der Waals surface area contributed by atoms with Crippen molar-refractivity contribution in [2.24, 2.45) is 0 Å². The molecule has 0 aliphatic rings. The van der Waals surface area contributed by atoms with E-state index >= 15 is 0 Å². The fraction of sp³-hybridized carbons (Fsp3) is 0.107. The second-order valence-electron chi connectivity index (χ2n) is 17.0. The number of hydrogen-bond donors (Lipinski definition) is 0. The first kappa shape index (κ1) is 36.2. The van der Waals surface area contributed by atoms with E-state index in [1.165, 1.54) is 38.4 Å². The molecule has 0 bridgehead atoms. The number of rotatable bonds is 7. The summed E-state index contributed by atoms with van der Waals surface area (Å²) >= 11 is 0. The Labute approximate surface area is 358 Å². The summed E-state index contributed by atoms with van der Waals surface area (Å²) in [6.45, 7) is 9.12. The predicted molar refractivity (Wildman–Crippen MR) is 257 cm³/mol. The summed E-state index contributed by atoms with van der Waals surface area (Å²) in [6.07, 6.45) is 3.93. The molecule has 0 saturated heterocycles. The van der Waals surface area contributed by atoms with Crippen LogP contribution < -0.4 is 4.74 Å². The van der Waals surface area contributed by atoms with Crippen LogP contribution in [0.1, 0.15) is 50.7 Å². The maximum Gasteiger partial charge on any atom is 0.145 e. The highest BCUT2D eigenvalue weighted by molar-refractivity contribution is 6.19. The van der Waals surface area contributed by atoms with E-state index in [0.29, 0.717) is 11.8 Å². The van der Waals surface area contributed by atoms with Crippen molar-refractivity contribution < 1.29 is 4.74 Å². The zero-order chi connectivity index (χ0) is 41.6. The summed E-state index contributed by atoms with van der Waals surface area (Å²) in [6, 6.07) is 58.4. The number of pyridine rings is 2. The van der Waals surface area contributed by atoms with E-state index in [9.17, 15) is 0 Å². The first-order valence-corrected chi connectivity index (χ1v) is 21.5. The summed E-state index contributed by atoms with van der Waals surface area (Å²) in [4.78, 5) is 10.1. The zero-order valence-corrected chi connectivity index (χ0v) is 35.0. The van der Waals surface area contributed by atoms with Crippen LogP contribution in [0.15, 0.2) is 176 Å². The lowest BCUT2D eigenvalue weighted by Crippen LogP contribution is -2.02. The van der Waals surface area contributed by atoms with Gasteiger partial charge in [-0.3, -0.25) is 8.97 Å². The highest BCUT2D eigenvalue weighted by Crippen LogP contribution is 2.43. The molecule has 0 aliphatic carbocycles. The molecule has 12 aromatic rings. The molecule has 6 heteroatoms. The van der Waals surface area contributed by atoms with Gasteiger partial charge >= 0.3 is 0 Å². The van der Waals surface area contributed by atoms with Crippen molar-refractivity contribution >= 4 is 70.9 Å². The SMILES string of the molecule is CC(C)c1cccc(C(C)C)c1-c1cnc2c3cc(Oc4ccc5c6cc7c(cc6n(-c6ccccn6)c5c4)c4ccccc4n7-c4ccccc4)ccc3c3ccccc3n12. The topological polar surface area (TPSA) is 49.3 Å². The van der Waals surface area contributed by atoms with Crippen LogP contribution in [0, 0.1) is 0 Å². The highest BCUT2D eigenvalue weighted by Gasteiger charge is 2.23. The molecule has 12 rings (SSSR count). The quantitative estimate of drug-likeness (QED) is 0.151. The molecule has 0 fully saturated rings. The third-order valence-electron chi connectivity index (χ3n) is 12.7. The van der Waals surface area contributed by atoms with Crippen molar-refractivity contribution in [1.82, 2.24) is 23.5 Å². The number of benzene rings is 7. The van der Waals surface area contributed by atoms with E-state index in [1.54, 1.807) is 0 Å². The van der Waals surface area contributed by atoms with Gasteiger partial charge in [-0.05, 0) is 107 Å². The molecule has 6 nitrogen and oxygen atoms in total. The Morgan fingerprint density at radius 2 is 1.03 bits per heavy atom. The van der Waals surface area contributed by atoms with Crippen LogP contribution in [0.3, 0.4) is 0 Å². The standard InChI is InChI=1S/C56H43N5O/c1-34(2)39-19-14-20-40(35(3)4)55(39)53-33-58-56-47-29-37(24-26-41(47)42-17-8-11-22-49(42)61(53)56)62-38-25-27-44-46-31-51-45(32-52(46)60(50(44)30-38)54-23-12-13-28-57-54)43-18-9-10-21-48(43)59(51)36-15-6-5-7-16-36/h5-35H,1-4H3. The van der Waals surface area contributed by atoms with Crippen LogP contribution in [-0.2, 0) is 0 Å². The van der Waals surface area contributed by atoms with Gasteiger partial charge in [0.25, 0.3) is 0 Å². The van der Waals surface area contributed by atoms with E-state index in [-0.39, 0.29) is 0 Å². The number of ether oxygens (including phenoxy) is 1. The van der Waals surface area contributed by atoms with E-state index in [2.05, 4.69) is 199 Å². The van der Waals surface area contributed by atoms with Crippen molar-refractivity contribution in [1.29, 1.82) is 0 Å². The Hall–Kier alpha value is -7.70. The molecular formula is C56H43N5O. The Morgan fingerprint density at radius 1 is 0.435 bits per heavy atom. The smallest absolute Gasteiger partial charge is 0.145 e. The molecule has 0 N–H and O–H groups in total. The summed E-state index contributed by atoms with van der Waals surface area (Å²) in [5, 5.41) is 8.05. The second kappa shape index (κ2) is 13.9. The van der Waals surface area contributed by atoms with Gasteiger partial charge in [0, 0.05) is 55.8 Å². The molecule has 0 amide bonds. The molecule has 5 aromatic heterocycles. The van der Waals surface area contributed by atoms with Crippen molar-refractivity contribution in [3.05, 3.63) is 187 Å². The van der Waals surface area contributed by atoms with Gasteiger partial charge in [-0.15, -0.1) is 0 Å². The number of fused-ring (bicyclic) bond motifs is 12. The lowest BCUT2D eigenvalue weighted by molar-refractivity contribution is 0.484. The summed E-state index contributed by atoms with van der Waals surface area (Å²) in [5.74, 6) is 3.06. The van der Waals surface area contributed by atoms with Gasteiger partial charge < -0.3 is 9.30 Å².